The quantitative estimate of drug-likeness (QED) is 0.915. The van der Waals surface area contributed by atoms with Crippen molar-refractivity contribution in [1.82, 2.24) is 5.32 Å². The molecule has 0 unspecified atom stereocenters. The van der Waals surface area contributed by atoms with E-state index in [1.807, 2.05) is 24.3 Å². The van der Waals surface area contributed by atoms with Gasteiger partial charge in [-0.05, 0) is 42.2 Å². The average molecular weight is 303 g/mol. The van der Waals surface area contributed by atoms with Crippen LogP contribution in [0.4, 0.5) is 8.78 Å². The lowest BCUT2D eigenvalue weighted by Crippen LogP contribution is -2.39. The van der Waals surface area contributed by atoms with E-state index < -0.39 is 23.1 Å². The molecule has 0 fully saturated rings. The van der Waals surface area contributed by atoms with Gasteiger partial charge in [-0.3, -0.25) is 4.79 Å². The van der Waals surface area contributed by atoms with Crippen molar-refractivity contribution in [2.24, 2.45) is 0 Å². The first-order valence-corrected chi connectivity index (χ1v) is 7.04. The number of benzene rings is 2. The Morgan fingerprint density at radius 2 is 1.95 bits per heavy atom. The van der Waals surface area contributed by atoms with E-state index in [0.717, 1.165) is 29.7 Å². The molecule has 2 aromatic rings. The zero-order valence-corrected chi connectivity index (χ0v) is 11.8. The van der Waals surface area contributed by atoms with Crippen molar-refractivity contribution in [1.29, 1.82) is 0 Å². The van der Waals surface area contributed by atoms with Gasteiger partial charge in [-0.15, -0.1) is 0 Å². The Bertz CT molecular complexity index is 732. The van der Waals surface area contributed by atoms with Crippen LogP contribution in [0.25, 0.3) is 0 Å². The summed E-state index contributed by atoms with van der Waals surface area (Å²) in [5.74, 6) is -2.62. The Labute approximate surface area is 126 Å². The number of aliphatic hydroxyl groups is 1. The fourth-order valence-electron chi connectivity index (χ4n) is 2.82. The maximum absolute atomic E-state index is 13.1. The molecule has 2 N–H and O–H groups in total. The van der Waals surface area contributed by atoms with Gasteiger partial charge in [0.15, 0.2) is 11.6 Å². The molecule has 1 atom stereocenters. The topological polar surface area (TPSA) is 49.3 Å². The first-order valence-electron chi connectivity index (χ1n) is 7.04. The van der Waals surface area contributed by atoms with Gasteiger partial charge in [-0.1, -0.05) is 24.3 Å². The molecule has 0 radical (unpaired) electrons. The monoisotopic (exact) mass is 303 g/mol. The van der Waals surface area contributed by atoms with E-state index in [0.29, 0.717) is 6.42 Å². The lowest BCUT2D eigenvalue weighted by atomic mass is 9.96. The summed E-state index contributed by atoms with van der Waals surface area (Å²) in [6.07, 6.45) is 1.26. The number of hydrogen-bond acceptors (Lipinski definition) is 2. The van der Waals surface area contributed by atoms with Crippen LogP contribution in [0.3, 0.4) is 0 Å². The molecule has 1 amide bonds. The van der Waals surface area contributed by atoms with Crippen LogP contribution in [0.5, 0.6) is 0 Å². The molecule has 0 aliphatic heterocycles. The molecule has 0 saturated heterocycles. The number of carbonyl (C=O) groups is 1. The molecule has 0 aromatic heterocycles. The molecule has 114 valence electrons. The molecule has 3 rings (SSSR count). The molecule has 22 heavy (non-hydrogen) atoms. The fraction of sp³-hybridized carbons (Fsp3) is 0.235. The predicted molar refractivity (Wildman–Crippen MR) is 77.4 cm³/mol. The van der Waals surface area contributed by atoms with Crippen LogP contribution < -0.4 is 5.32 Å². The summed E-state index contributed by atoms with van der Waals surface area (Å²) in [4.78, 5) is 12.0. The number of hydrogen-bond donors (Lipinski definition) is 2. The molecule has 3 nitrogen and oxygen atoms in total. The third-order valence-corrected chi connectivity index (χ3v) is 4.05. The molecule has 1 aliphatic rings. The third-order valence-electron chi connectivity index (χ3n) is 4.05. The van der Waals surface area contributed by atoms with Crippen LogP contribution in [0, 0.1) is 11.6 Å². The van der Waals surface area contributed by atoms with Gasteiger partial charge in [0.1, 0.15) is 5.60 Å². The van der Waals surface area contributed by atoms with Crippen LogP contribution in [-0.4, -0.2) is 17.6 Å². The largest absolute Gasteiger partial charge is 0.383 e. The van der Waals surface area contributed by atoms with Crippen molar-refractivity contribution in [3.05, 3.63) is 70.8 Å². The normalized spacial score (nSPS) is 19.8. The summed E-state index contributed by atoms with van der Waals surface area (Å²) in [7, 11) is 0. The molecule has 5 heteroatoms. The highest BCUT2D eigenvalue weighted by molar-refractivity contribution is 5.94. The molecule has 0 saturated carbocycles. The second kappa shape index (κ2) is 5.50. The van der Waals surface area contributed by atoms with Gasteiger partial charge >= 0.3 is 0 Å². The number of amides is 1. The van der Waals surface area contributed by atoms with Crippen molar-refractivity contribution >= 4 is 5.91 Å². The van der Waals surface area contributed by atoms with Gasteiger partial charge in [0.2, 0.25) is 0 Å². The molecular weight excluding hydrogens is 288 g/mol. The standard InChI is InChI=1S/C17H15F2NO2/c18-14-6-5-12(9-15(14)19)16(21)20-10-17(22)8-7-11-3-1-2-4-13(11)17/h1-6,9,22H,7-8,10H2,(H,20,21)/t17-/m0/s1. The van der Waals surface area contributed by atoms with E-state index in [4.69, 9.17) is 0 Å². The first kappa shape index (κ1) is 14.7. The van der Waals surface area contributed by atoms with Gasteiger partial charge < -0.3 is 10.4 Å². The van der Waals surface area contributed by atoms with Crippen LogP contribution in [0.1, 0.15) is 27.9 Å². The highest BCUT2D eigenvalue weighted by Gasteiger charge is 2.36. The van der Waals surface area contributed by atoms with Gasteiger partial charge in [0.25, 0.3) is 5.91 Å². The van der Waals surface area contributed by atoms with E-state index >= 15 is 0 Å². The molecular formula is C17H15F2NO2. The highest BCUT2D eigenvalue weighted by atomic mass is 19.2. The number of nitrogens with one attached hydrogen (secondary N) is 1. The minimum atomic E-state index is -1.12. The molecule has 0 bridgehead atoms. The summed E-state index contributed by atoms with van der Waals surface area (Å²) < 4.78 is 26.0. The summed E-state index contributed by atoms with van der Waals surface area (Å²) in [6, 6.07) is 10.5. The van der Waals surface area contributed by atoms with Crippen LogP contribution in [-0.2, 0) is 12.0 Å². The predicted octanol–water partition coefficient (Wildman–Crippen LogP) is 2.53. The third kappa shape index (κ3) is 2.60. The van der Waals surface area contributed by atoms with E-state index in [1.54, 1.807) is 0 Å². The Balaban J connectivity index is 1.72. The summed E-state index contributed by atoms with van der Waals surface area (Å²) in [6.45, 7) is 0.0296. The summed E-state index contributed by atoms with van der Waals surface area (Å²) in [5.41, 5.74) is 0.770. The average Bonchev–Trinajstić information content (AvgIpc) is 2.86. The second-order valence-corrected chi connectivity index (χ2v) is 5.50. The second-order valence-electron chi connectivity index (χ2n) is 5.50. The summed E-state index contributed by atoms with van der Waals surface area (Å²) in [5, 5.41) is 13.3. The van der Waals surface area contributed by atoms with Gasteiger partial charge in [-0.2, -0.15) is 0 Å². The summed E-state index contributed by atoms with van der Waals surface area (Å²) >= 11 is 0. The lowest BCUT2D eigenvalue weighted by Gasteiger charge is -2.24. The van der Waals surface area contributed by atoms with E-state index in [1.165, 1.54) is 6.07 Å². The highest BCUT2D eigenvalue weighted by Crippen LogP contribution is 2.36. The minimum Gasteiger partial charge on any atom is -0.383 e. The van der Waals surface area contributed by atoms with Gasteiger partial charge in [0.05, 0.1) is 6.54 Å². The SMILES string of the molecule is O=C(NC[C@@]1(O)CCc2ccccc21)c1ccc(F)c(F)c1. The first-order chi connectivity index (χ1) is 10.5. The van der Waals surface area contributed by atoms with Crippen molar-refractivity contribution in [3.63, 3.8) is 0 Å². The molecule has 0 spiro atoms. The van der Waals surface area contributed by atoms with Crippen molar-refractivity contribution < 1.29 is 18.7 Å². The molecule has 2 aromatic carbocycles. The zero-order valence-electron chi connectivity index (χ0n) is 11.8. The van der Waals surface area contributed by atoms with E-state index in [9.17, 15) is 18.7 Å². The lowest BCUT2D eigenvalue weighted by molar-refractivity contribution is 0.0369. The van der Waals surface area contributed by atoms with E-state index in [2.05, 4.69) is 5.32 Å². The Kier molecular flexibility index (Phi) is 3.66. The smallest absolute Gasteiger partial charge is 0.251 e. The number of aryl methyl sites for hydroxylation is 1. The maximum Gasteiger partial charge on any atom is 0.251 e. The molecule has 1 aliphatic carbocycles. The number of halogens is 2. The Morgan fingerprint density at radius 1 is 1.18 bits per heavy atom. The van der Waals surface area contributed by atoms with Crippen molar-refractivity contribution in [2.75, 3.05) is 6.54 Å². The number of rotatable bonds is 3. The fourth-order valence-corrected chi connectivity index (χ4v) is 2.82. The Hall–Kier alpha value is -2.27. The number of fused-ring (bicyclic) bond motifs is 1. The van der Waals surface area contributed by atoms with Crippen molar-refractivity contribution in [2.45, 2.75) is 18.4 Å². The zero-order chi connectivity index (χ0) is 15.7. The van der Waals surface area contributed by atoms with E-state index in [-0.39, 0.29) is 12.1 Å². The minimum absolute atomic E-state index is 0.0220. The van der Waals surface area contributed by atoms with Gasteiger partial charge in [0, 0.05) is 5.56 Å². The molecule has 0 heterocycles. The van der Waals surface area contributed by atoms with Crippen molar-refractivity contribution in [3.8, 4) is 0 Å². The van der Waals surface area contributed by atoms with Crippen LogP contribution >= 0.6 is 0 Å². The Morgan fingerprint density at radius 3 is 2.73 bits per heavy atom. The van der Waals surface area contributed by atoms with Crippen LogP contribution in [0.15, 0.2) is 42.5 Å². The maximum atomic E-state index is 13.1. The van der Waals surface area contributed by atoms with Crippen LogP contribution in [0.2, 0.25) is 0 Å². The number of carbonyl (C=O) groups excluding carboxylic acids is 1. The van der Waals surface area contributed by atoms with Gasteiger partial charge in [-0.25, -0.2) is 8.78 Å².